The van der Waals surface area contributed by atoms with E-state index in [1.807, 2.05) is 24.6 Å². The standard InChI is InChI=1S/C10H11N3OS/c1-6-4-15-5-8(6)10(14)11-9-3-7(2)12-13-9/h3-5H,1-2H3,(H2,11,12,13,14). The molecule has 0 bridgehead atoms. The van der Waals surface area contributed by atoms with Gasteiger partial charge in [0.1, 0.15) is 0 Å². The van der Waals surface area contributed by atoms with Crippen LogP contribution in [0.1, 0.15) is 21.6 Å². The van der Waals surface area contributed by atoms with Crippen molar-refractivity contribution < 1.29 is 4.79 Å². The maximum absolute atomic E-state index is 11.7. The van der Waals surface area contributed by atoms with Crippen molar-refractivity contribution in [3.05, 3.63) is 33.6 Å². The largest absolute Gasteiger partial charge is 0.305 e. The fourth-order valence-electron chi connectivity index (χ4n) is 1.26. The molecule has 15 heavy (non-hydrogen) atoms. The highest BCUT2D eigenvalue weighted by Gasteiger charge is 2.10. The first-order valence-electron chi connectivity index (χ1n) is 4.53. The van der Waals surface area contributed by atoms with E-state index in [0.29, 0.717) is 11.4 Å². The van der Waals surface area contributed by atoms with E-state index >= 15 is 0 Å². The van der Waals surface area contributed by atoms with Gasteiger partial charge in [-0.05, 0) is 24.8 Å². The van der Waals surface area contributed by atoms with E-state index < -0.39 is 0 Å². The number of hydrogen-bond acceptors (Lipinski definition) is 3. The number of thiophene rings is 1. The molecule has 0 spiro atoms. The van der Waals surface area contributed by atoms with Crippen molar-refractivity contribution >= 4 is 23.1 Å². The number of amides is 1. The summed E-state index contributed by atoms with van der Waals surface area (Å²) < 4.78 is 0. The van der Waals surface area contributed by atoms with E-state index in [9.17, 15) is 4.79 Å². The monoisotopic (exact) mass is 221 g/mol. The van der Waals surface area contributed by atoms with Crippen LogP contribution in [0.5, 0.6) is 0 Å². The molecule has 0 aliphatic rings. The summed E-state index contributed by atoms with van der Waals surface area (Å²) in [6.45, 7) is 3.81. The zero-order valence-electron chi connectivity index (χ0n) is 8.50. The molecule has 2 rings (SSSR count). The summed E-state index contributed by atoms with van der Waals surface area (Å²) in [6, 6.07) is 1.79. The van der Waals surface area contributed by atoms with Crippen LogP contribution in [-0.2, 0) is 0 Å². The number of aromatic nitrogens is 2. The van der Waals surface area contributed by atoms with Crippen LogP contribution in [0.15, 0.2) is 16.8 Å². The lowest BCUT2D eigenvalue weighted by atomic mass is 10.2. The van der Waals surface area contributed by atoms with Crippen molar-refractivity contribution in [2.75, 3.05) is 5.32 Å². The molecule has 2 aromatic rings. The number of hydrogen-bond donors (Lipinski definition) is 2. The molecule has 5 heteroatoms. The second-order valence-corrected chi connectivity index (χ2v) is 4.10. The molecule has 4 nitrogen and oxygen atoms in total. The van der Waals surface area contributed by atoms with Crippen LogP contribution < -0.4 is 5.32 Å². The Morgan fingerprint density at radius 2 is 2.27 bits per heavy atom. The minimum atomic E-state index is -0.111. The highest BCUT2D eigenvalue weighted by Crippen LogP contribution is 2.15. The fraction of sp³-hybridized carbons (Fsp3) is 0.200. The molecule has 0 fully saturated rings. The van der Waals surface area contributed by atoms with E-state index in [4.69, 9.17) is 0 Å². The van der Waals surface area contributed by atoms with E-state index in [-0.39, 0.29) is 5.91 Å². The number of aryl methyl sites for hydroxylation is 2. The molecule has 2 heterocycles. The Morgan fingerprint density at radius 1 is 1.47 bits per heavy atom. The van der Waals surface area contributed by atoms with Crippen LogP contribution >= 0.6 is 11.3 Å². The van der Waals surface area contributed by atoms with Crippen molar-refractivity contribution in [2.24, 2.45) is 0 Å². The fourth-order valence-corrected chi connectivity index (χ4v) is 2.09. The van der Waals surface area contributed by atoms with Gasteiger partial charge in [-0.15, -0.1) is 0 Å². The normalized spacial score (nSPS) is 10.3. The number of aromatic amines is 1. The lowest BCUT2D eigenvalue weighted by Gasteiger charge is -1.99. The Bertz CT molecular complexity index is 486. The molecule has 78 valence electrons. The molecule has 2 N–H and O–H groups in total. The summed E-state index contributed by atoms with van der Waals surface area (Å²) in [6.07, 6.45) is 0. The third-order valence-corrected chi connectivity index (χ3v) is 2.91. The first-order valence-corrected chi connectivity index (χ1v) is 5.47. The molecule has 2 aromatic heterocycles. The summed E-state index contributed by atoms with van der Waals surface area (Å²) in [5.41, 5.74) is 2.62. The first-order chi connectivity index (χ1) is 7.16. The van der Waals surface area contributed by atoms with E-state index in [1.54, 1.807) is 6.07 Å². The Kier molecular flexibility index (Phi) is 2.55. The Morgan fingerprint density at radius 3 is 2.80 bits per heavy atom. The molecule has 0 saturated carbocycles. The third kappa shape index (κ3) is 2.07. The second kappa shape index (κ2) is 3.86. The summed E-state index contributed by atoms with van der Waals surface area (Å²) in [5.74, 6) is 0.448. The minimum absolute atomic E-state index is 0.111. The molecule has 0 aliphatic carbocycles. The molecule has 0 radical (unpaired) electrons. The lowest BCUT2D eigenvalue weighted by Crippen LogP contribution is -2.12. The quantitative estimate of drug-likeness (QED) is 0.817. The number of H-pyrrole nitrogens is 1. The predicted octanol–water partition coefficient (Wildman–Crippen LogP) is 2.34. The van der Waals surface area contributed by atoms with Crippen molar-refractivity contribution in [1.29, 1.82) is 0 Å². The van der Waals surface area contributed by atoms with Gasteiger partial charge in [-0.3, -0.25) is 9.89 Å². The molecule has 1 amide bonds. The van der Waals surface area contributed by atoms with Gasteiger partial charge in [0.15, 0.2) is 5.82 Å². The SMILES string of the molecule is Cc1cc(NC(=O)c2cscc2C)n[nH]1. The van der Waals surface area contributed by atoms with Crippen LogP contribution in [0.4, 0.5) is 5.82 Å². The summed E-state index contributed by atoms with van der Waals surface area (Å²) in [5, 5.41) is 13.2. The smallest absolute Gasteiger partial charge is 0.257 e. The maximum atomic E-state index is 11.7. The van der Waals surface area contributed by atoms with Gasteiger partial charge in [-0.25, -0.2) is 0 Å². The number of rotatable bonds is 2. The summed E-state index contributed by atoms with van der Waals surface area (Å²) >= 11 is 1.52. The van der Waals surface area contributed by atoms with Gasteiger partial charge in [-0.1, -0.05) is 0 Å². The van der Waals surface area contributed by atoms with E-state index in [1.165, 1.54) is 11.3 Å². The molecule has 0 aliphatic heterocycles. The van der Waals surface area contributed by atoms with Crippen LogP contribution in [0.2, 0.25) is 0 Å². The Labute approximate surface area is 91.3 Å². The van der Waals surface area contributed by atoms with Crippen LogP contribution in [0, 0.1) is 13.8 Å². The van der Waals surface area contributed by atoms with Crippen LogP contribution in [0.25, 0.3) is 0 Å². The van der Waals surface area contributed by atoms with Gasteiger partial charge in [0.25, 0.3) is 5.91 Å². The number of anilines is 1. The minimum Gasteiger partial charge on any atom is -0.305 e. The molecule has 0 unspecified atom stereocenters. The Balaban J connectivity index is 2.14. The average Bonchev–Trinajstić information content (AvgIpc) is 2.75. The highest BCUT2D eigenvalue weighted by molar-refractivity contribution is 7.08. The molecule has 0 atom stereocenters. The number of nitrogens with one attached hydrogen (secondary N) is 2. The number of carbonyl (C=O) groups is 1. The van der Waals surface area contributed by atoms with Crippen LogP contribution in [0.3, 0.4) is 0 Å². The summed E-state index contributed by atoms with van der Waals surface area (Å²) in [7, 11) is 0. The number of nitrogens with zero attached hydrogens (tertiary/aromatic N) is 1. The third-order valence-electron chi connectivity index (χ3n) is 2.05. The second-order valence-electron chi connectivity index (χ2n) is 3.36. The van der Waals surface area contributed by atoms with Gasteiger partial charge in [0, 0.05) is 17.1 Å². The van der Waals surface area contributed by atoms with Crippen LogP contribution in [-0.4, -0.2) is 16.1 Å². The zero-order valence-corrected chi connectivity index (χ0v) is 9.31. The van der Waals surface area contributed by atoms with Gasteiger partial charge in [0.2, 0.25) is 0 Å². The van der Waals surface area contributed by atoms with E-state index in [0.717, 1.165) is 11.3 Å². The molecular weight excluding hydrogens is 210 g/mol. The van der Waals surface area contributed by atoms with Crippen molar-refractivity contribution in [3.63, 3.8) is 0 Å². The predicted molar refractivity (Wildman–Crippen MR) is 60.3 cm³/mol. The highest BCUT2D eigenvalue weighted by atomic mass is 32.1. The maximum Gasteiger partial charge on any atom is 0.257 e. The van der Waals surface area contributed by atoms with Gasteiger partial charge in [0.05, 0.1) is 5.56 Å². The molecule has 0 saturated heterocycles. The average molecular weight is 221 g/mol. The molecule has 0 aromatic carbocycles. The van der Waals surface area contributed by atoms with E-state index in [2.05, 4.69) is 15.5 Å². The lowest BCUT2D eigenvalue weighted by molar-refractivity contribution is 0.102. The topological polar surface area (TPSA) is 57.8 Å². The van der Waals surface area contributed by atoms with Gasteiger partial charge in [-0.2, -0.15) is 16.4 Å². The first kappa shape index (κ1) is 9.92. The Hall–Kier alpha value is -1.62. The van der Waals surface area contributed by atoms with Crippen molar-refractivity contribution in [3.8, 4) is 0 Å². The number of carbonyl (C=O) groups excluding carboxylic acids is 1. The van der Waals surface area contributed by atoms with Gasteiger partial charge >= 0.3 is 0 Å². The van der Waals surface area contributed by atoms with Crippen molar-refractivity contribution in [2.45, 2.75) is 13.8 Å². The molecular formula is C10H11N3OS. The van der Waals surface area contributed by atoms with Crippen molar-refractivity contribution in [1.82, 2.24) is 10.2 Å². The van der Waals surface area contributed by atoms with Gasteiger partial charge < -0.3 is 5.32 Å². The zero-order chi connectivity index (χ0) is 10.8. The summed E-state index contributed by atoms with van der Waals surface area (Å²) in [4.78, 5) is 11.7.